The smallest absolute Gasteiger partial charge is 0.192 e. The van der Waals surface area contributed by atoms with Crippen LogP contribution >= 0.6 is 176 Å². The van der Waals surface area contributed by atoms with Gasteiger partial charge in [-0.15, -0.1) is 0 Å². The van der Waals surface area contributed by atoms with E-state index in [0.717, 1.165) is 50.4 Å². The molecule has 0 saturated heterocycles. The second-order valence-corrected chi connectivity index (χ2v) is 29.2. The highest BCUT2D eigenvalue weighted by atomic mass is 35.9. The van der Waals surface area contributed by atoms with Crippen LogP contribution in [0.5, 0.6) is 0 Å². The molecule has 0 aromatic heterocycles. The van der Waals surface area contributed by atoms with Crippen LogP contribution in [0.2, 0.25) is 0 Å². The summed E-state index contributed by atoms with van der Waals surface area (Å²) in [6.07, 6.45) is 0. The molecule has 0 spiro atoms. The molecule has 0 bridgehead atoms. The van der Waals surface area contributed by atoms with E-state index in [1.54, 1.807) is 13.3 Å². The Labute approximate surface area is 326 Å². The summed E-state index contributed by atoms with van der Waals surface area (Å²) in [5, 5.41) is 0. The lowest BCUT2D eigenvalue weighted by atomic mass is 9.93. The van der Waals surface area contributed by atoms with E-state index >= 15 is 0 Å². The average molecular weight is 957 g/mol. The Bertz CT molecular complexity index is 1330. The third-order valence-corrected chi connectivity index (χ3v) is 21.6. The monoisotopic (exact) mass is 951 g/mol. The fourth-order valence-electron chi connectivity index (χ4n) is 4.17. The molecule has 0 radical (unpaired) electrons. The molecule has 4 rings (SSSR count). The third kappa shape index (κ3) is 10.7. The van der Waals surface area contributed by atoms with Crippen molar-refractivity contribution in [1.82, 2.24) is 0 Å². The van der Waals surface area contributed by atoms with Gasteiger partial charge in [0.25, 0.3) is 0 Å². The van der Waals surface area contributed by atoms with E-state index in [-0.39, 0.29) is 0 Å². The molecule has 0 fully saturated rings. The van der Waals surface area contributed by atoms with E-state index in [9.17, 15) is 0 Å². The molecule has 45 heavy (non-hydrogen) atoms. The maximum absolute atomic E-state index is 6.18. The molecule has 0 aliphatic carbocycles. The second kappa shape index (κ2) is 18.7. The van der Waals surface area contributed by atoms with Crippen LogP contribution in [-0.2, 0) is 0 Å². The fraction of sp³-hybridized carbons (Fsp3) is 0. The molecule has 4 aromatic rings. The van der Waals surface area contributed by atoms with Crippen LogP contribution in [0.15, 0.2) is 91.0 Å². The Morgan fingerprint density at radius 1 is 0.267 bits per heavy atom. The highest BCUT2D eigenvalue weighted by Gasteiger charge is 2.24. The predicted octanol–water partition coefficient (Wildman–Crippen LogP) is 19.3. The number of anilines is 3. The highest BCUT2D eigenvalue weighted by Crippen LogP contribution is 2.70. The summed E-state index contributed by atoms with van der Waals surface area (Å²) < 4.78 is 4.79. The topological polar surface area (TPSA) is 9.72 Å². The second-order valence-electron chi connectivity index (χ2n) is 8.60. The first-order valence-corrected chi connectivity index (χ1v) is 30.5. The van der Waals surface area contributed by atoms with Crippen molar-refractivity contribution in [3.8, 4) is 33.4 Å². The van der Waals surface area contributed by atoms with Gasteiger partial charge in [-0.3, -0.25) is 13.3 Å². The van der Waals surface area contributed by atoms with Gasteiger partial charge in [0, 0.05) is 17.1 Å². The van der Waals surface area contributed by atoms with E-state index in [1.807, 2.05) is 72.8 Å². The number of benzene rings is 4. The van der Waals surface area contributed by atoms with Crippen LogP contribution in [0.1, 0.15) is 0 Å². The van der Waals surface area contributed by atoms with Gasteiger partial charge in [-0.2, -0.15) is 0 Å². The lowest BCUT2D eigenvalue weighted by Gasteiger charge is -2.25. The molecule has 0 unspecified atom stereocenters. The summed E-state index contributed by atoms with van der Waals surface area (Å²) in [7, 11) is 0. The number of nitrogens with zero attached hydrogens (tertiary/aromatic N) is 3. The number of rotatable bonds is 12. The van der Waals surface area contributed by atoms with Crippen molar-refractivity contribution in [2.45, 2.75) is 0 Å². The minimum atomic E-state index is -1.57. The van der Waals surface area contributed by atoms with Crippen LogP contribution in [0.3, 0.4) is 0 Å². The molecule has 0 saturated carbocycles. The Morgan fingerprint density at radius 3 is 0.600 bits per heavy atom. The summed E-state index contributed by atoms with van der Waals surface area (Å²) in [4.78, 5) is 0. The number of hydrogen-bond donors (Lipinski definition) is 0. The van der Waals surface area contributed by atoms with Crippen molar-refractivity contribution in [3.05, 3.63) is 91.0 Å². The maximum atomic E-state index is 6.18. The summed E-state index contributed by atoms with van der Waals surface area (Å²) in [5.74, 6) is 0. The molecule has 0 atom stereocenters. The maximum Gasteiger partial charge on any atom is 0.192 e. The summed E-state index contributed by atoms with van der Waals surface area (Å²) in [5.41, 5.74) is 7.88. The highest BCUT2D eigenvalue weighted by molar-refractivity contribution is 8.19. The molecule has 4 aromatic carbocycles. The Kier molecular flexibility index (Phi) is 16.7. The Balaban J connectivity index is 1.80. The van der Waals surface area contributed by atoms with Gasteiger partial charge in [0.15, 0.2) is 40.7 Å². The first kappa shape index (κ1) is 40.1. The largest absolute Gasteiger partial charge is 0.279 e. The zero-order chi connectivity index (χ0) is 33.0. The molecule has 0 amide bonds. The zero-order valence-electron chi connectivity index (χ0n) is 21.7. The molecule has 0 N–H and O–H groups in total. The molecule has 0 heterocycles. The zero-order valence-corrected chi connectivity index (χ0v) is 36.2. The SMILES string of the molecule is ClP(Cl)N(c1ccc(-c2cc(-c3ccc(N(P(Cl)Cl)P(Cl)Cl)cc3)cc(-c3ccc(N(P(Cl)Cl)P(Cl)Cl)cc3)c2)cc1)P(Cl)Cl. The summed E-state index contributed by atoms with van der Waals surface area (Å²) in [6.45, 7) is -9.43. The molecule has 0 aliphatic rings. The number of halogens is 12. The van der Waals surface area contributed by atoms with E-state index in [0.29, 0.717) is 0 Å². The van der Waals surface area contributed by atoms with Crippen LogP contribution in [0, 0.1) is 0 Å². The quantitative estimate of drug-likeness (QED) is 0.131. The average Bonchev–Trinajstić information content (AvgIpc) is 2.97. The van der Waals surface area contributed by atoms with Crippen LogP contribution in [0.25, 0.3) is 33.4 Å². The van der Waals surface area contributed by atoms with E-state index < -0.39 is 40.7 Å². The summed E-state index contributed by atoms with van der Waals surface area (Å²) >= 11 is 74.2. The first-order chi connectivity index (χ1) is 21.3. The van der Waals surface area contributed by atoms with Gasteiger partial charge >= 0.3 is 0 Å². The normalized spacial score (nSPS) is 11.9. The standard InChI is InChI=1S/C24H15Cl12N3P6/c25-40(26)37(41(27)28)22-7-1-16(2-8-22)19-13-20(17-3-9-23(10-4-17)38(42(29)30)43(31)32)15-21(14-19)18-5-11-24(12-6-18)39(44(33)34)45(35)36/h1-15H. The van der Waals surface area contributed by atoms with Crippen molar-refractivity contribution in [1.29, 1.82) is 0 Å². The molecule has 21 heteroatoms. The molecular formula is C24H15Cl12N3P6. The van der Waals surface area contributed by atoms with E-state index in [1.165, 1.54) is 0 Å². The van der Waals surface area contributed by atoms with E-state index in [4.69, 9.17) is 135 Å². The van der Waals surface area contributed by atoms with Gasteiger partial charge in [-0.1, -0.05) is 171 Å². The third-order valence-electron chi connectivity index (χ3n) is 6.09. The lowest BCUT2D eigenvalue weighted by molar-refractivity contribution is 1.53. The lowest BCUT2D eigenvalue weighted by Crippen LogP contribution is -2.00. The molecule has 0 aliphatic heterocycles. The first-order valence-electron chi connectivity index (χ1n) is 11.8. The van der Waals surface area contributed by atoms with Gasteiger partial charge < -0.3 is 0 Å². The van der Waals surface area contributed by atoms with Crippen molar-refractivity contribution in [2.24, 2.45) is 0 Å². The number of hydrogen-bond acceptors (Lipinski definition) is 3. The Morgan fingerprint density at radius 2 is 0.444 bits per heavy atom. The fourth-order valence-corrected chi connectivity index (χ4v) is 21.4. The minimum absolute atomic E-state index is 0.719. The molecule has 3 nitrogen and oxygen atoms in total. The van der Waals surface area contributed by atoms with Gasteiger partial charge in [0.1, 0.15) is 0 Å². The van der Waals surface area contributed by atoms with Gasteiger partial charge in [0.2, 0.25) is 0 Å². The van der Waals surface area contributed by atoms with Crippen LogP contribution < -0.4 is 13.3 Å². The van der Waals surface area contributed by atoms with Crippen molar-refractivity contribution >= 4 is 193 Å². The van der Waals surface area contributed by atoms with E-state index in [2.05, 4.69) is 18.2 Å². The van der Waals surface area contributed by atoms with Crippen molar-refractivity contribution in [3.63, 3.8) is 0 Å². The minimum Gasteiger partial charge on any atom is -0.279 e. The van der Waals surface area contributed by atoms with Crippen molar-refractivity contribution < 1.29 is 0 Å². The molecule has 240 valence electrons. The Hall–Kier alpha value is 2.34. The van der Waals surface area contributed by atoms with Gasteiger partial charge in [-0.05, 0) is 88.0 Å². The predicted molar refractivity (Wildman–Crippen MR) is 222 cm³/mol. The van der Waals surface area contributed by atoms with Crippen LogP contribution in [0.4, 0.5) is 17.1 Å². The summed E-state index contributed by atoms with van der Waals surface area (Å²) in [6, 6.07) is 29.4. The molecular weight excluding hydrogens is 942 g/mol. The van der Waals surface area contributed by atoms with Gasteiger partial charge in [0.05, 0.1) is 0 Å². The van der Waals surface area contributed by atoms with Gasteiger partial charge in [-0.25, -0.2) is 0 Å². The van der Waals surface area contributed by atoms with Crippen molar-refractivity contribution in [2.75, 3.05) is 13.3 Å². The van der Waals surface area contributed by atoms with Crippen LogP contribution in [-0.4, -0.2) is 0 Å².